The molecule has 0 aliphatic heterocycles. The highest BCUT2D eigenvalue weighted by Crippen LogP contribution is 2.26. The van der Waals surface area contributed by atoms with Crippen LogP contribution in [-0.4, -0.2) is 51.4 Å². The molecule has 1 atom stereocenters. The minimum Gasteiger partial charge on any atom is -0.497 e. The number of nitrogens with one attached hydrogen (secondary N) is 1. The van der Waals surface area contributed by atoms with E-state index in [-0.39, 0.29) is 23.0 Å². The first-order valence-corrected chi connectivity index (χ1v) is 13.5. The van der Waals surface area contributed by atoms with Crippen LogP contribution in [0.15, 0.2) is 83.8 Å². The Morgan fingerprint density at radius 3 is 2.16 bits per heavy atom. The van der Waals surface area contributed by atoms with Crippen molar-refractivity contribution in [1.82, 2.24) is 10.2 Å². The first-order valence-electron chi connectivity index (χ1n) is 11.7. The number of benzene rings is 3. The molecule has 1 unspecified atom stereocenters. The molecular weight excluding hydrogens is 514 g/mol. The van der Waals surface area contributed by atoms with Gasteiger partial charge in [-0.1, -0.05) is 41.9 Å². The second kappa shape index (κ2) is 12.6. The molecule has 3 aromatic carbocycles. The molecule has 8 nitrogen and oxygen atoms in total. The second-order valence-electron chi connectivity index (χ2n) is 8.24. The highest BCUT2D eigenvalue weighted by atomic mass is 35.5. The standard InChI is InChI=1S/C27H30ClN3O5S/c1-4-29-27(33)20(2)30(18-21-10-16-24(36-3)17-11-21)26(32)19-31(23-14-12-22(28)13-15-23)37(34,35)25-8-6-5-7-9-25/h5-17,20H,4,18-19H2,1-3H3,(H,29,33). The first-order chi connectivity index (χ1) is 17.7. The number of sulfonamides is 1. The van der Waals surface area contributed by atoms with Gasteiger partial charge in [0.2, 0.25) is 11.8 Å². The summed E-state index contributed by atoms with van der Waals surface area (Å²) in [6.07, 6.45) is 0. The largest absolute Gasteiger partial charge is 0.497 e. The van der Waals surface area contributed by atoms with Crippen molar-refractivity contribution in [3.8, 4) is 5.75 Å². The summed E-state index contributed by atoms with van der Waals surface area (Å²) in [7, 11) is -2.55. The van der Waals surface area contributed by atoms with E-state index < -0.39 is 28.5 Å². The van der Waals surface area contributed by atoms with E-state index in [0.29, 0.717) is 17.3 Å². The zero-order valence-electron chi connectivity index (χ0n) is 20.9. The molecule has 10 heteroatoms. The number of nitrogens with zero attached hydrogens (tertiary/aromatic N) is 2. The van der Waals surface area contributed by atoms with E-state index in [1.54, 1.807) is 75.6 Å². The van der Waals surface area contributed by atoms with Gasteiger partial charge >= 0.3 is 0 Å². The van der Waals surface area contributed by atoms with Crippen molar-refractivity contribution in [2.45, 2.75) is 31.3 Å². The Morgan fingerprint density at radius 2 is 1.59 bits per heavy atom. The molecule has 3 rings (SSSR count). The molecule has 0 aromatic heterocycles. The van der Waals surface area contributed by atoms with E-state index in [1.165, 1.54) is 29.2 Å². The van der Waals surface area contributed by atoms with Crippen molar-refractivity contribution in [3.63, 3.8) is 0 Å². The molecule has 0 radical (unpaired) electrons. The third kappa shape index (κ3) is 7.02. The van der Waals surface area contributed by atoms with Gasteiger partial charge in [0.25, 0.3) is 10.0 Å². The Balaban J connectivity index is 1.99. The van der Waals surface area contributed by atoms with E-state index in [4.69, 9.17) is 16.3 Å². The number of anilines is 1. The normalized spacial score (nSPS) is 11.9. The van der Waals surface area contributed by atoms with Gasteiger partial charge in [-0.05, 0) is 67.9 Å². The summed E-state index contributed by atoms with van der Waals surface area (Å²) in [5, 5.41) is 3.16. The molecule has 0 aliphatic carbocycles. The molecule has 0 spiro atoms. The number of halogens is 1. The van der Waals surface area contributed by atoms with Crippen molar-refractivity contribution in [2.24, 2.45) is 0 Å². The van der Waals surface area contributed by atoms with Crippen LogP contribution in [0.5, 0.6) is 5.75 Å². The zero-order chi connectivity index (χ0) is 27.0. The number of carbonyl (C=O) groups excluding carboxylic acids is 2. The van der Waals surface area contributed by atoms with E-state index in [9.17, 15) is 18.0 Å². The Kier molecular flexibility index (Phi) is 9.54. The minimum absolute atomic E-state index is 0.0382. The number of ether oxygens (including phenoxy) is 1. The van der Waals surface area contributed by atoms with Gasteiger partial charge in [-0.15, -0.1) is 0 Å². The fourth-order valence-corrected chi connectivity index (χ4v) is 5.25. The lowest BCUT2D eigenvalue weighted by Crippen LogP contribution is -2.51. The highest BCUT2D eigenvalue weighted by Gasteiger charge is 2.32. The summed E-state index contributed by atoms with van der Waals surface area (Å²) in [5.74, 6) is -0.224. The van der Waals surface area contributed by atoms with Crippen molar-refractivity contribution < 1.29 is 22.7 Å². The van der Waals surface area contributed by atoms with E-state index in [2.05, 4.69) is 5.32 Å². The smallest absolute Gasteiger partial charge is 0.264 e. The number of hydrogen-bond donors (Lipinski definition) is 1. The number of likely N-dealkylation sites (N-methyl/N-ethyl adjacent to an activating group) is 1. The summed E-state index contributed by atoms with van der Waals surface area (Å²) in [6, 6.07) is 20.3. The number of amides is 2. The molecule has 0 saturated heterocycles. The maximum atomic E-state index is 13.7. The molecule has 0 aliphatic rings. The molecular formula is C27H30ClN3O5S. The zero-order valence-corrected chi connectivity index (χ0v) is 22.5. The highest BCUT2D eigenvalue weighted by molar-refractivity contribution is 7.92. The van der Waals surface area contributed by atoms with Crippen LogP contribution in [0.25, 0.3) is 0 Å². The molecule has 0 fully saturated rings. The molecule has 0 heterocycles. The monoisotopic (exact) mass is 543 g/mol. The third-order valence-electron chi connectivity index (χ3n) is 5.75. The van der Waals surface area contributed by atoms with Gasteiger partial charge in [0.05, 0.1) is 17.7 Å². The lowest BCUT2D eigenvalue weighted by atomic mass is 10.1. The second-order valence-corrected chi connectivity index (χ2v) is 10.5. The Morgan fingerprint density at radius 1 is 0.973 bits per heavy atom. The average molecular weight is 544 g/mol. The lowest BCUT2D eigenvalue weighted by Gasteiger charge is -2.32. The Labute approximate surface area is 222 Å². The maximum Gasteiger partial charge on any atom is 0.264 e. The molecule has 2 amide bonds. The maximum absolute atomic E-state index is 13.7. The third-order valence-corrected chi connectivity index (χ3v) is 7.80. The Bertz CT molecular complexity index is 1300. The molecule has 1 N–H and O–H groups in total. The quantitative estimate of drug-likeness (QED) is 0.393. The van der Waals surface area contributed by atoms with Crippen LogP contribution in [0.4, 0.5) is 5.69 Å². The average Bonchev–Trinajstić information content (AvgIpc) is 2.91. The van der Waals surface area contributed by atoms with Gasteiger partial charge in [0.15, 0.2) is 0 Å². The van der Waals surface area contributed by atoms with Crippen LogP contribution in [0.1, 0.15) is 19.4 Å². The van der Waals surface area contributed by atoms with Gasteiger partial charge in [0.1, 0.15) is 18.3 Å². The van der Waals surface area contributed by atoms with Gasteiger partial charge < -0.3 is 15.0 Å². The van der Waals surface area contributed by atoms with Crippen LogP contribution in [0.3, 0.4) is 0 Å². The number of methoxy groups -OCH3 is 1. The lowest BCUT2D eigenvalue weighted by molar-refractivity contribution is -0.139. The van der Waals surface area contributed by atoms with Crippen LogP contribution < -0.4 is 14.4 Å². The molecule has 0 bridgehead atoms. The van der Waals surface area contributed by atoms with Crippen LogP contribution in [0.2, 0.25) is 5.02 Å². The first kappa shape index (κ1) is 28.0. The summed E-state index contributed by atoms with van der Waals surface area (Å²) < 4.78 is 33.5. The van der Waals surface area contributed by atoms with E-state index in [1.807, 2.05) is 0 Å². The topological polar surface area (TPSA) is 96.0 Å². The van der Waals surface area contributed by atoms with Gasteiger partial charge in [-0.25, -0.2) is 8.42 Å². The van der Waals surface area contributed by atoms with Crippen LogP contribution >= 0.6 is 11.6 Å². The minimum atomic E-state index is -4.11. The summed E-state index contributed by atoms with van der Waals surface area (Å²) in [6.45, 7) is 3.38. The summed E-state index contributed by atoms with van der Waals surface area (Å²) in [4.78, 5) is 27.9. The van der Waals surface area contributed by atoms with Crippen molar-refractivity contribution in [1.29, 1.82) is 0 Å². The molecule has 37 heavy (non-hydrogen) atoms. The fourth-order valence-electron chi connectivity index (χ4n) is 3.69. The Hall–Kier alpha value is -3.56. The summed E-state index contributed by atoms with van der Waals surface area (Å²) >= 11 is 6.03. The van der Waals surface area contributed by atoms with Gasteiger partial charge in [-0.2, -0.15) is 0 Å². The number of hydrogen-bond acceptors (Lipinski definition) is 5. The number of rotatable bonds is 11. The van der Waals surface area contributed by atoms with Gasteiger partial charge in [-0.3, -0.25) is 13.9 Å². The number of carbonyl (C=O) groups is 2. The van der Waals surface area contributed by atoms with Crippen LogP contribution in [-0.2, 0) is 26.2 Å². The van der Waals surface area contributed by atoms with Crippen molar-refractivity contribution in [2.75, 3.05) is 24.5 Å². The predicted molar refractivity (Wildman–Crippen MR) is 144 cm³/mol. The van der Waals surface area contributed by atoms with Crippen molar-refractivity contribution >= 4 is 39.1 Å². The molecule has 0 saturated carbocycles. The predicted octanol–water partition coefficient (Wildman–Crippen LogP) is 4.10. The summed E-state index contributed by atoms with van der Waals surface area (Å²) in [5.41, 5.74) is 1.03. The van der Waals surface area contributed by atoms with Gasteiger partial charge in [0, 0.05) is 18.1 Å². The van der Waals surface area contributed by atoms with Crippen LogP contribution in [0, 0.1) is 0 Å². The van der Waals surface area contributed by atoms with E-state index in [0.717, 1.165) is 9.87 Å². The SMILES string of the molecule is CCNC(=O)C(C)N(Cc1ccc(OC)cc1)C(=O)CN(c1ccc(Cl)cc1)S(=O)(=O)c1ccccc1. The fraction of sp³-hybridized carbons (Fsp3) is 0.259. The molecule has 196 valence electrons. The van der Waals surface area contributed by atoms with E-state index >= 15 is 0 Å². The van der Waals surface area contributed by atoms with Crippen molar-refractivity contribution in [3.05, 3.63) is 89.4 Å². The molecule has 3 aromatic rings.